The molecule has 0 bridgehead atoms. The first kappa shape index (κ1) is 27.7. The summed E-state index contributed by atoms with van der Waals surface area (Å²) in [6, 6.07) is 25.1. The number of nitrogens with zero attached hydrogens (tertiary/aromatic N) is 1. The van der Waals surface area contributed by atoms with Crippen LogP contribution in [0.5, 0.6) is 11.5 Å². The Labute approximate surface area is 210 Å². The van der Waals surface area contributed by atoms with Crippen molar-refractivity contribution >= 4 is 22.7 Å². The van der Waals surface area contributed by atoms with Crippen molar-refractivity contribution in [3.05, 3.63) is 90.0 Å². The van der Waals surface area contributed by atoms with Crippen molar-refractivity contribution in [1.82, 2.24) is 4.90 Å². The normalized spacial score (nSPS) is 11.2. The van der Waals surface area contributed by atoms with Gasteiger partial charge in [-0.1, -0.05) is 63.2 Å². The van der Waals surface area contributed by atoms with Crippen molar-refractivity contribution in [2.45, 2.75) is 27.2 Å². The van der Waals surface area contributed by atoms with E-state index in [1.807, 2.05) is 107 Å². The van der Waals surface area contributed by atoms with Crippen molar-refractivity contribution in [2.75, 3.05) is 39.7 Å². The zero-order chi connectivity index (χ0) is 25.6. The number of allylic oxidation sites excluding steroid dienone is 1. The summed E-state index contributed by atoms with van der Waals surface area (Å²) < 4.78 is 11.1. The minimum Gasteiger partial charge on any atom is -0.497 e. The van der Waals surface area contributed by atoms with Gasteiger partial charge in [-0.2, -0.15) is 0 Å². The first-order valence-electron chi connectivity index (χ1n) is 12.1. The van der Waals surface area contributed by atoms with Crippen molar-refractivity contribution in [2.24, 2.45) is 0 Å². The predicted octanol–water partition coefficient (Wildman–Crippen LogP) is 6.62. The molecule has 0 unspecified atom stereocenters. The van der Waals surface area contributed by atoms with E-state index in [9.17, 15) is 4.79 Å². The van der Waals surface area contributed by atoms with E-state index in [2.05, 4.69) is 17.1 Å². The molecule has 0 saturated carbocycles. The topological polar surface area (TPSA) is 50.8 Å². The SMILES string of the molecule is CC.CC/C(=C(\C(=O)Nc1ccc(OCCN(C)C)cc1)c1ccc(OC)cc1)c1ccccc1. The Bertz CT molecular complexity index is 1060. The van der Waals surface area contributed by atoms with Gasteiger partial charge in [0.05, 0.1) is 12.7 Å². The summed E-state index contributed by atoms with van der Waals surface area (Å²) in [6.07, 6.45) is 0.720. The Balaban J connectivity index is 0.00000210. The van der Waals surface area contributed by atoms with Crippen LogP contribution in [0.4, 0.5) is 5.69 Å². The van der Waals surface area contributed by atoms with Crippen LogP contribution in [-0.4, -0.2) is 45.2 Å². The number of likely N-dealkylation sites (N-methyl/N-ethyl adjacent to an activating group) is 1. The van der Waals surface area contributed by atoms with Gasteiger partial charge in [-0.25, -0.2) is 0 Å². The standard InChI is InChI=1S/C28H32N2O3.C2H6/c1-5-26(21-9-7-6-8-10-21)27(22-11-15-24(32-4)16-12-22)28(31)29-23-13-17-25(18-14-23)33-20-19-30(2)3;1-2/h6-18H,5,19-20H2,1-4H3,(H,29,31);1-2H3/b27-26+;. The third-order valence-electron chi connectivity index (χ3n) is 5.30. The van der Waals surface area contributed by atoms with E-state index < -0.39 is 0 Å². The van der Waals surface area contributed by atoms with Gasteiger partial charge in [0.2, 0.25) is 0 Å². The van der Waals surface area contributed by atoms with E-state index in [0.29, 0.717) is 12.2 Å². The molecule has 35 heavy (non-hydrogen) atoms. The highest BCUT2D eigenvalue weighted by atomic mass is 16.5. The third-order valence-corrected chi connectivity index (χ3v) is 5.30. The highest BCUT2D eigenvalue weighted by molar-refractivity contribution is 6.31. The maximum absolute atomic E-state index is 13.5. The lowest BCUT2D eigenvalue weighted by Crippen LogP contribution is -2.19. The molecule has 1 amide bonds. The fourth-order valence-corrected chi connectivity index (χ4v) is 3.54. The average molecular weight is 475 g/mol. The van der Waals surface area contributed by atoms with Crippen LogP contribution < -0.4 is 14.8 Å². The molecule has 0 aliphatic heterocycles. The second kappa shape index (κ2) is 14.6. The van der Waals surface area contributed by atoms with Crippen LogP contribution in [0.2, 0.25) is 0 Å². The highest BCUT2D eigenvalue weighted by Crippen LogP contribution is 2.31. The van der Waals surface area contributed by atoms with E-state index >= 15 is 0 Å². The molecule has 0 radical (unpaired) electrons. The number of hydrogen-bond acceptors (Lipinski definition) is 4. The summed E-state index contributed by atoms with van der Waals surface area (Å²) in [4.78, 5) is 15.6. The highest BCUT2D eigenvalue weighted by Gasteiger charge is 2.18. The fraction of sp³-hybridized carbons (Fsp3) is 0.300. The molecule has 0 aliphatic carbocycles. The molecular formula is C30H38N2O3. The van der Waals surface area contributed by atoms with Gasteiger partial charge in [-0.15, -0.1) is 0 Å². The second-order valence-corrected chi connectivity index (χ2v) is 7.93. The number of hydrogen-bond donors (Lipinski definition) is 1. The van der Waals surface area contributed by atoms with Gasteiger partial charge < -0.3 is 19.7 Å². The number of carbonyl (C=O) groups excluding carboxylic acids is 1. The Morgan fingerprint density at radius 2 is 1.43 bits per heavy atom. The van der Waals surface area contributed by atoms with Gasteiger partial charge in [0, 0.05) is 12.2 Å². The summed E-state index contributed by atoms with van der Waals surface area (Å²) >= 11 is 0. The van der Waals surface area contributed by atoms with Gasteiger partial charge >= 0.3 is 0 Å². The van der Waals surface area contributed by atoms with Crippen molar-refractivity contribution in [1.29, 1.82) is 0 Å². The summed E-state index contributed by atoms with van der Waals surface area (Å²) in [5, 5.41) is 3.06. The van der Waals surface area contributed by atoms with Gasteiger partial charge in [0.25, 0.3) is 5.91 Å². The maximum atomic E-state index is 13.5. The molecule has 3 aromatic carbocycles. The van der Waals surface area contributed by atoms with Crippen LogP contribution in [0.3, 0.4) is 0 Å². The largest absolute Gasteiger partial charge is 0.497 e. The number of ether oxygens (including phenoxy) is 2. The zero-order valence-corrected chi connectivity index (χ0v) is 21.8. The molecule has 5 nitrogen and oxygen atoms in total. The molecule has 0 saturated heterocycles. The van der Waals surface area contributed by atoms with Crippen LogP contribution in [-0.2, 0) is 4.79 Å². The van der Waals surface area contributed by atoms with Crippen LogP contribution in [0.25, 0.3) is 11.1 Å². The van der Waals surface area contributed by atoms with Crippen molar-refractivity contribution < 1.29 is 14.3 Å². The van der Waals surface area contributed by atoms with Gasteiger partial charge in [-0.3, -0.25) is 4.79 Å². The molecule has 186 valence electrons. The minimum atomic E-state index is -0.151. The van der Waals surface area contributed by atoms with Crippen molar-refractivity contribution in [3.63, 3.8) is 0 Å². The van der Waals surface area contributed by atoms with E-state index in [0.717, 1.165) is 46.9 Å². The van der Waals surface area contributed by atoms with Crippen LogP contribution in [0, 0.1) is 0 Å². The summed E-state index contributed by atoms with van der Waals surface area (Å²) in [5.74, 6) is 1.38. The first-order valence-corrected chi connectivity index (χ1v) is 12.1. The molecule has 3 rings (SSSR count). The smallest absolute Gasteiger partial charge is 0.256 e. The van der Waals surface area contributed by atoms with E-state index in [-0.39, 0.29) is 5.91 Å². The fourth-order valence-electron chi connectivity index (χ4n) is 3.54. The molecule has 0 fully saturated rings. The molecule has 0 atom stereocenters. The summed E-state index contributed by atoms with van der Waals surface area (Å²) in [7, 11) is 5.65. The zero-order valence-electron chi connectivity index (χ0n) is 21.8. The van der Waals surface area contributed by atoms with E-state index in [4.69, 9.17) is 9.47 Å². The number of rotatable bonds is 10. The lowest BCUT2D eigenvalue weighted by atomic mass is 9.92. The van der Waals surface area contributed by atoms with Crippen LogP contribution in [0.1, 0.15) is 38.3 Å². The lowest BCUT2D eigenvalue weighted by Gasteiger charge is -2.16. The third kappa shape index (κ3) is 8.30. The molecule has 0 aromatic heterocycles. The quantitative estimate of drug-likeness (QED) is 0.265. The van der Waals surface area contributed by atoms with Gasteiger partial charge in [0.15, 0.2) is 0 Å². The number of benzene rings is 3. The maximum Gasteiger partial charge on any atom is 0.256 e. The molecule has 0 heterocycles. The Hall–Kier alpha value is -3.57. The summed E-state index contributed by atoms with van der Waals surface area (Å²) in [6.45, 7) is 7.52. The van der Waals surface area contributed by atoms with Crippen molar-refractivity contribution in [3.8, 4) is 11.5 Å². The van der Waals surface area contributed by atoms with E-state index in [1.54, 1.807) is 7.11 Å². The molecule has 0 aliphatic rings. The predicted molar refractivity (Wildman–Crippen MR) is 147 cm³/mol. The molecule has 3 aromatic rings. The lowest BCUT2D eigenvalue weighted by molar-refractivity contribution is -0.111. The Morgan fingerprint density at radius 1 is 0.829 bits per heavy atom. The monoisotopic (exact) mass is 474 g/mol. The number of nitrogens with one attached hydrogen (secondary N) is 1. The van der Waals surface area contributed by atoms with E-state index in [1.165, 1.54) is 0 Å². The van der Waals surface area contributed by atoms with Gasteiger partial charge in [-0.05, 0) is 73.6 Å². The number of carbonyl (C=O) groups is 1. The van der Waals surface area contributed by atoms with Crippen LogP contribution >= 0.6 is 0 Å². The molecule has 0 spiro atoms. The molecular weight excluding hydrogens is 436 g/mol. The Kier molecular flexibility index (Phi) is 11.6. The number of methoxy groups -OCH3 is 1. The second-order valence-electron chi connectivity index (χ2n) is 7.93. The average Bonchev–Trinajstić information content (AvgIpc) is 2.89. The Morgan fingerprint density at radius 3 is 1.97 bits per heavy atom. The number of amides is 1. The van der Waals surface area contributed by atoms with Gasteiger partial charge in [0.1, 0.15) is 18.1 Å². The van der Waals surface area contributed by atoms with Crippen LogP contribution in [0.15, 0.2) is 78.9 Å². The first-order chi connectivity index (χ1) is 17.0. The summed E-state index contributed by atoms with van der Waals surface area (Å²) in [5.41, 5.74) is 4.23. The molecule has 1 N–H and O–H groups in total. The molecule has 5 heteroatoms. The number of anilines is 1. The minimum absolute atomic E-state index is 0.151.